The highest BCUT2D eigenvalue weighted by atomic mass is 32.2. The Hall–Kier alpha value is -1.39. The van der Waals surface area contributed by atoms with Gasteiger partial charge in [0.15, 0.2) is 0 Å². The number of nitrogens with one attached hydrogen (secondary N) is 1. The van der Waals surface area contributed by atoms with Crippen LogP contribution in [0, 0.1) is 0 Å². The molecule has 1 aliphatic rings. The largest absolute Gasteiger partial charge is 0.420 e. The summed E-state index contributed by atoms with van der Waals surface area (Å²) < 4.78 is 41.8. The van der Waals surface area contributed by atoms with Crippen molar-refractivity contribution in [3.05, 3.63) is 23.5 Å². The van der Waals surface area contributed by atoms with E-state index in [1.165, 1.54) is 11.7 Å². The molecule has 0 saturated carbocycles. The molecule has 2 aromatic heterocycles. The van der Waals surface area contributed by atoms with Gasteiger partial charge in [0.1, 0.15) is 5.56 Å². The van der Waals surface area contributed by atoms with Crippen LogP contribution < -0.4 is 5.32 Å². The number of alkyl halides is 3. The average Bonchev–Trinajstić information content (AvgIpc) is 3.09. The first-order valence-corrected chi connectivity index (χ1v) is 9.42. The Bertz CT molecular complexity index is 670. The van der Waals surface area contributed by atoms with Gasteiger partial charge in [0.05, 0.1) is 16.1 Å². The lowest BCUT2D eigenvalue weighted by molar-refractivity contribution is -0.137. The van der Waals surface area contributed by atoms with Crippen LogP contribution >= 0.6 is 23.3 Å². The number of anilines is 1. The first-order chi connectivity index (χ1) is 11.5. The number of hydrogen-bond acceptors (Lipinski definition) is 7. The van der Waals surface area contributed by atoms with Crippen LogP contribution in [0.2, 0.25) is 0 Å². The van der Waals surface area contributed by atoms with Crippen molar-refractivity contribution in [2.45, 2.75) is 25.1 Å². The minimum absolute atomic E-state index is 0.121. The summed E-state index contributed by atoms with van der Waals surface area (Å²) >= 11 is 2.83. The van der Waals surface area contributed by atoms with Crippen LogP contribution in [0.1, 0.15) is 18.4 Å². The monoisotopic (exact) mass is 375 g/mol. The summed E-state index contributed by atoms with van der Waals surface area (Å²) in [5, 5.41) is 3.17. The van der Waals surface area contributed by atoms with E-state index in [0.717, 1.165) is 43.5 Å². The Morgan fingerprint density at radius 3 is 2.62 bits per heavy atom. The summed E-state index contributed by atoms with van der Waals surface area (Å²) in [4.78, 5) is 12.2. The Kier molecular flexibility index (Phi) is 5.26. The summed E-state index contributed by atoms with van der Waals surface area (Å²) in [5.41, 5.74) is 0.529. The van der Waals surface area contributed by atoms with Crippen LogP contribution in [0.4, 0.5) is 19.1 Å². The van der Waals surface area contributed by atoms with Crippen molar-refractivity contribution in [1.82, 2.24) is 19.3 Å². The molecule has 0 bridgehead atoms. The smallest absolute Gasteiger partial charge is 0.351 e. The second-order valence-corrected chi connectivity index (χ2v) is 7.12. The van der Waals surface area contributed by atoms with Crippen LogP contribution in [-0.4, -0.2) is 44.6 Å². The third-order valence-corrected chi connectivity index (χ3v) is 5.47. The zero-order chi connectivity index (χ0) is 17.2. The lowest BCUT2D eigenvalue weighted by Gasteiger charge is -2.30. The summed E-state index contributed by atoms with van der Waals surface area (Å²) in [5.74, 6) is 0.231. The molecule has 0 unspecified atom stereocenters. The van der Waals surface area contributed by atoms with E-state index in [4.69, 9.17) is 0 Å². The molecule has 1 N–H and O–H groups in total. The van der Waals surface area contributed by atoms with E-state index in [1.807, 2.05) is 6.26 Å². The van der Waals surface area contributed by atoms with Gasteiger partial charge in [0.2, 0.25) is 5.95 Å². The number of thiazole rings is 1. The van der Waals surface area contributed by atoms with Gasteiger partial charge in [-0.25, -0.2) is 9.97 Å². The fourth-order valence-electron chi connectivity index (χ4n) is 2.54. The van der Waals surface area contributed by atoms with E-state index in [2.05, 4.69) is 24.6 Å². The fraction of sp³-hybridized carbons (Fsp3) is 0.500. The number of aromatic nitrogens is 3. The van der Waals surface area contributed by atoms with E-state index in [1.54, 1.807) is 11.9 Å². The Balaban J connectivity index is 1.82. The molecule has 0 radical (unpaired) electrons. The molecule has 2 aromatic rings. The first kappa shape index (κ1) is 17.4. The molecule has 130 valence electrons. The van der Waals surface area contributed by atoms with E-state index in [-0.39, 0.29) is 17.7 Å². The third kappa shape index (κ3) is 3.98. The van der Waals surface area contributed by atoms with E-state index in [0.29, 0.717) is 4.88 Å². The summed E-state index contributed by atoms with van der Waals surface area (Å²) in [6, 6.07) is 0.166. The summed E-state index contributed by atoms with van der Waals surface area (Å²) in [6.07, 6.45) is 1.59. The lowest BCUT2D eigenvalue weighted by Crippen LogP contribution is -2.35. The van der Waals surface area contributed by atoms with Crippen molar-refractivity contribution in [2.75, 3.05) is 24.7 Å². The van der Waals surface area contributed by atoms with Gasteiger partial charge in [-0.05, 0) is 19.1 Å². The number of halogens is 3. The third-order valence-electron chi connectivity index (χ3n) is 3.81. The van der Waals surface area contributed by atoms with E-state index < -0.39 is 11.7 Å². The molecule has 3 heterocycles. The standard InChI is InChI=1S/C14H16F3N5S2/c1-23-22-4-2-9(3-5-22)20-13-19-6-10(14(15,16)17)12(21-13)11-7-18-8-24-11/h6-9H,2-5H2,1H3,(H,19,20,21). The molecular weight excluding hydrogens is 359 g/mol. The maximum absolute atomic E-state index is 13.2. The number of rotatable bonds is 4. The van der Waals surface area contributed by atoms with Crippen molar-refractivity contribution in [3.63, 3.8) is 0 Å². The van der Waals surface area contributed by atoms with Crippen LogP contribution in [0.3, 0.4) is 0 Å². The SMILES string of the molecule is CSN1CCC(Nc2ncc(C(F)(F)F)c(-c3cncs3)n2)CC1. The number of nitrogens with zero attached hydrogens (tertiary/aromatic N) is 4. The minimum atomic E-state index is -4.50. The maximum atomic E-state index is 13.2. The van der Waals surface area contributed by atoms with Gasteiger partial charge in [-0.3, -0.25) is 9.29 Å². The summed E-state index contributed by atoms with van der Waals surface area (Å²) in [7, 11) is 0. The molecule has 0 amide bonds. The van der Waals surface area contributed by atoms with Crippen LogP contribution in [0.25, 0.3) is 10.6 Å². The molecule has 5 nitrogen and oxygen atoms in total. The Morgan fingerprint density at radius 2 is 2.04 bits per heavy atom. The minimum Gasteiger partial charge on any atom is -0.351 e. The van der Waals surface area contributed by atoms with Crippen molar-refractivity contribution in [2.24, 2.45) is 0 Å². The number of hydrogen-bond donors (Lipinski definition) is 1. The molecule has 1 fully saturated rings. The molecule has 1 saturated heterocycles. The molecule has 10 heteroatoms. The molecule has 0 aliphatic carbocycles. The second kappa shape index (κ2) is 7.24. The number of piperidine rings is 1. The molecule has 0 atom stereocenters. The normalized spacial score (nSPS) is 17.2. The average molecular weight is 375 g/mol. The van der Waals surface area contributed by atoms with Gasteiger partial charge >= 0.3 is 6.18 Å². The zero-order valence-corrected chi connectivity index (χ0v) is 14.5. The van der Waals surface area contributed by atoms with Gasteiger partial charge < -0.3 is 5.32 Å². The van der Waals surface area contributed by atoms with Crippen molar-refractivity contribution in [1.29, 1.82) is 0 Å². The van der Waals surface area contributed by atoms with Gasteiger partial charge in [0, 0.05) is 31.5 Å². The zero-order valence-electron chi connectivity index (χ0n) is 12.9. The Morgan fingerprint density at radius 1 is 1.29 bits per heavy atom. The quantitative estimate of drug-likeness (QED) is 0.821. The van der Waals surface area contributed by atoms with Gasteiger partial charge in [-0.2, -0.15) is 13.2 Å². The fourth-order valence-corrected chi connectivity index (χ4v) is 3.74. The molecule has 0 spiro atoms. The van der Waals surface area contributed by atoms with Gasteiger partial charge in [-0.1, -0.05) is 11.9 Å². The van der Waals surface area contributed by atoms with Crippen molar-refractivity contribution in [3.8, 4) is 10.6 Å². The molecule has 3 rings (SSSR count). The van der Waals surface area contributed by atoms with Crippen LogP contribution in [0.5, 0.6) is 0 Å². The van der Waals surface area contributed by atoms with Gasteiger partial charge in [0.25, 0.3) is 0 Å². The predicted molar refractivity (Wildman–Crippen MR) is 89.9 cm³/mol. The molecule has 0 aromatic carbocycles. The van der Waals surface area contributed by atoms with E-state index >= 15 is 0 Å². The highest BCUT2D eigenvalue weighted by Gasteiger charge is 2.36. The first-order valence-electron chi connectivity index (χ1n) is 7.36. The van der Waals surface area contributed by atoms with Crippen molar-refractivity contribution >= 4 is 29.2 Å². The van der Waals surface area contributed by atoms with Crippen molar-refractivity contribution < 1.29 is 13.2 Å². The maximum Gasteiger partial charge on any atom is 0.420 e. The van der Waals surface area contributed by atoms with Crippen LogP contribution in [0.15, 0.2) is 17.9 Å². The predicted octanol–water partition coefficient (Wildman–Crippen LogP) is 3.77. The van der Waals surface area contributed by atoms with Crippen LogP contribution in [-0.2, 0) is 6.18 Å². The molecular formula is C14H16F3N5S2. The highest BCUT2D eigenvalue weighted by Crippen LogP contribution is 2.37. The summed E-state index contributed by atoms with van der Waals surface area (Å²) in [6.45, 7) is 1.86. The molecule has 24 heavy (non-hydrogen) atoms. The topological polar surface area (TPSA) is 53.9 Å². The molecule has 1 aliphatic heterocycles. The lowest BCUT2D eigenvalue weighted by atomic mass is 10.1. The highest BCUT2D eigenvalue weighted by molar-refractivity contribution is 7.96. The van der Waals surface area contributed by atoms with Gasteiger partial charge in [-0.15, -0.1) is 11.3 Å². The second-order valence-electron chi connectivity index (χ2n) is 5.35. The van der Waals surface area contributed by atoms with E-state index in [9.17, 15) is 13.2 Å². The Labute approximate surface area is 145 Å².